The Kier molecular flexibility index (Phi) is 5.76. The molecule has 3 nitrogen and oxygen atoms in total. The number of nitrogens with one attached hydrogen (secondary N) is 1. The molecule has 0 atom stereocenters. The molecule has 1 aromatic carbocycles. The standard InChI is InChI=1S/C18H24N2O/c1-4-10-19-11-16-8-9-17(12-20-16)21-13-18-14(2)6-5-7-15(18)3/h5-9,12,19H,4,10-11,13H2,1-3H3. The Hall–Kier alpha value is -1.87. The summed E-state index contributed by atoms with van der Waals surface area (Å²) in [5.41, 5.74) is 4.83. The SMILES string of the molecule is CCCNCc1ccc(OCc2c(C)cccc2C)cn1. The Morgan fingerprint density at radius 3 is 2.48 bits per heavy atom. The fourth-order valence-corrected chi connectivity index (χ4v) is 2.23. The van der Waals surface area contributed by atoms with Gasteiger partial charge in [0.15, 0.2) is 0 Å². The Balaban J connectivity index is 1.92. The molecule has 2 rings (SSSR count). The quantitative estimate of drug-likeness (QED) is 0.786. The van der Waals surface area contributed by atoms with Crippen LogP contribution < -0.4 is 10.1 Å². The fraction of sp³-hybridized carbons (Fsp3) is 0.389. The Bertz CT molecular complexity index is 544. The minimum absolute atomic E-state index is 0.591. The summed E-state index contributed by atoms with van der Waals surface area (Å²) in [5.74, 6) is 0.817. The highest BCUT2D eigenvalue weighted by Gasteiger charge is 2.03. The third kappa shape index (κ3) is 4.57. The third-order valence-electron chi connectivity index (χ3n) is 3.56. The molecule has 0 aliphatic rings. The predicted molar refractivity (Wildman–Crippen MR) is 86.5 cm³/mol. The van der Waals surface area contributed by atoms with Gasteiger partial charge < -0.3 is 10.1 Å². The molecule has 21 heavy (non-hydrogen) atoms. The van der Waals surface area contributed by atoms with Crippen LogP contribution in [0.1, 0.15) is 35.7 Å². The van der Waals surface area contributed by atoms with Crippen molar-refractivity contribution in [2.75, 3.05) is 6.54 Å². The molecule has 2 aromatic rings. The average Bonchev–Trinajstić information content (AvgIpc) is 2.48. The van der Waals surface area contributed by atoms with E-state index >= 15 is 0 Å². The summed E-state index contributed by atoms with van der Waals surface area (Å²) in [4.78, 5) is 4.42. The average molecular weight is 284 g/mol. The number of hydrogen-bond acceptors (Lipinski definition) is 3. The first-order valence-corrected chi connectivity index (χ1v) is 7.54. The van der Waals surface area contributed by atoms with E-state index in [1.54, 1.807) is 6.20 Å². The van der Waals surface area contributed by atoms with Gasteiger partial charge in [0.05, 0.1) is 11.9 Å². The fourth-order valence-electron chi connectivity index (χ4n) is 2.23. The van der Waals surface area contributed by atoms with E-state index in [0.717, 1.165) is 31.0 Å². The zero-order valence-electron chi connectivity index (χ0n) is 13.1. The van der Waals surface area contributed by atoms with Gasteiger partial charge in [-0.25, -0.2) is 0 Å². The molecule has 1 N–H and O–H groups in total. The normalized spacial score (nSPS) is 10.6. The monoisotopic (exact) mass is 284 g/mol. The van der Waals surface area contributed by atoms with E-state index in [1.165, 1.54) is 16.7 Å². The molecule has 3 heteroatoms. The molecule has 0 amide bonds. The second-order valence-electron chi connectivity index (χ2n) is 5.32. The van der Waals surface area contributed by atoms with Crippen molar-refractivity contribution >= 4 is 0 Å². The molecule has 0 saturated heterocycles. The van der Waals surface area contributed by atoms with Crippen molar-refractivity contribution in [2.45, 2.75) is 40.3 Å². The van der Waals surface area contributed by atoms with Crippen LogP contribution in [0, 0.1) is 13.8 Å². The molecule has 112 valence electrons. The van der Waals surface area contributed by atoms with Crippen molar-refractivity contribution < 1.29 is 4.74 Å². The molecule has 0 saturated carbocycles. The molecule has 0 aliphatic heterocycles. The van der Waals surface area contributed by atoms with Crippen molar-refractivity contribution in [1.29, 1.82) is 0 Å². The van der Waals surface area contributed by atoms with Gasteiger partial charge >= 0.3 is 0 Å². The number of ether oxygens (including phenoxy) is 1. The molecule has 0 bridgehead atoms. The molecule has 0 spiro atoms. The van der Waals surface area contributed by atoms with Gasteiger partial charge in [-0.1, -0.05) is 25.1 Å². The maximum atomic E-state index is 5.85. The van der Waals surface area contributed by atoms with Gasteiger partial charge in [-0.05, 0) is 55.6 Å². The summed E-state index contributed by atoms with van der Waals surface area (Å²) < 4.78 is 5.85. The van der Waals surface area contributed by atoms with Gasteiger partial charge in [-0.15, -0.1) is 0 Å². The maximum Gasteiger partial charge on any atom is 0.138 e. The first kappa shape index (κ1) is 15.5. The van der Waals surface area contributed by atoms with Crippen LogP contribution in [-0.4, -0.2) is 11.5 Å². The van der Waals surface area contributed by atoms with Crippen LogP contribution in [0.3, 0.4) is 0 Å². The molecular formula is C18H24N2O. The van der Waals surface area contributed by atoms with Crippen molar-refractivity contribution in [1.82, 2.24) is 10.3 Å². The number of pyridine rings is 1. The van der Waals surface area contributed by atoms with Crippen molar-refractivity contribution in [2.24, 2.45) is 0 Å². The van der Waals surface area contributed by atoms with Gasteiger partial charge in [0.25, 0.3) is 0 Å². The van der Waals surface area contributed by atoms with Gasteiger partial charge in [0, 0.05) is 6.54 Å². The van der Waals surface area contributed by atoms with Crippen LogP contribution in [0.25, 0.3) is 0 Å². The predicted octanol–water partition coefficient (Wildman–Crippen LogP) is 3.78. The molecule has 1 heterocycles. The number of rotatable bonds is 7. The van der Waals surface area contributed by atoms with Crippen LogP contribution in [-0.2, 0) is 13.2 Å². The molecule has 0 radical (unpaired) electrons. The van der Waals surface area contributed by atoms with E-state index in [2.05, 4.69) is 49.3 Å². The highest BCUT2D eigenvalue weighted by Crippen LogP contribution is 2.17. The summed E-state index contributed by atoms with van der Waals surface area (Å²) in [7, 11) is 0. The molecule has 1 aromatic heterocycles. The lowest BCUT2D eigenvalue weighted by molar-refractivity contribution is 0.303. The number of benzene rings is 1. The van der Waals surface area contributed by atoms with Gasteiger partial charge in [-0.2, -0.15) is 0 Å². The van der Waals surface area contributed by atoms with Gasteiger partial charge in [0.2, 0.25) is 0 Å². The molecule has 0 aliphatic carbocycles. The van der Waals surface area contributed by atoms with E-state index in [-0.39, 0.29) is 0 Å². The lowest BCUT2D eigenvalue weighted by Crippen LogP contribution is -2.14. The van der Waals surface area contributed by atoms with Crippen molar-refractivity contribution in [3.05, 3.63) is 58.9 Å². The first-order valence-electron chi connectivity index (χ1n) is 7.54. The van der Waals surface area contributed by atoms with Crippen LogP contribution in [0.4, 0.5) is 0 Å². The molecular weight excluding hydrogens is 260 g/mol. The number of nitrogens with zero attached hydrogens (tertiary/aromatic N) is 1. The molecule has 0 fully saturated rings. The highest BCUT2D eigenvalue weighted by molar-refractivity contribution is 5.33. The smallest absolute Gasteiger partial charge is 0.138 e. The maximum absolute atomic E-state index is 5.85. The molecule has 0 unspecified atom stereocenters. The minimum atomic E-state index is 0.591. The summed E-state index contributed by atoms with van der Waals surface area (Å²) in [6.07, 6.45) is 2.94. The van der Waals surface area contributed by atoms with Crippen molar-refractivity contribution in [3.63, 3.8) is 0 Å². The van der Waals surface area contributed by atoms with Gasteiger partial charge in [-0.3, -0.25) is 4.98 Å². The van der Waals surface area contributed by atoms with E-state index in [1.807, 2.05) is 12.1 Å². The Morgan fingerprint density at radius 2 is 1.86 bits per heavy atom. The van der Waals surface area contributed by atoms with E-state index in [9.17, 15) is 0 Å². The number of aromatic nitrogens is 1. The summed E-state index contributed by atoms with van der Waals surface area (Å²) in [6.45, 7) is 8.81. The van der Waals surface area contributed by atoms with E-state index < -0.39 is 0 Å². The zero-order valence-corrected chi connectivity index (χ0v) is 13.1. The van der Waals surface area contributed by atoms with Crippen LogP contribution in [0.5, 0.6) is 5.75 Å². The van der Waals surface area contributed by atoms with E-state index in [4.69, 9.17) is 4.74 Å². The number of aryl methyl sites for hydroxylation is 2. The second-order valence-corrected chi connectivity index (χ2v) is 5.32. The van der Waals surface area contributed by atoms with Crippen molar-refractivity contribution in [3.8, 4) is 5.75 Å². The highest BCUT2D eigenvalue weighted by atomic mass is 16.5. The summed E-state index contributed by atoms with van der Waals surface area (Å²) in [6, 6.07) is 10.3. The van der Waals surface area contributed by atoms with Gasteiger partial charge in [0.1, 0.15) is 12.4 Å². The zero-order chi connectivity index (χ0) is 15.1. The third-order valence-corrected chi connectivity index (χ3v) is 3.56. The Labute approximate surface area is 127 Å². The van der Waals surface area contributed by atoms with Crippen LogP contribution in [0.15, 0.2) is 36.5 Å². The van der Waals surface area contributed by atoms with Crippen LogP contribution in [0.2, 0.25) is 0 Å². The minimum Gasteiger partial charge on any atom is -0.487 e. The summed E-state index contributed by atoms with van der Waals surface area (Å²) >= 11 is 0. The number of hydrogen-bond donors (Lipinski definition) is 1. The lowest BCUT2D eigenvalue weighted by atomic mass is 10.0. The second kappa shape index (κ2) is 7.79. The summed E-state index contributed by atoms with van der Waals surface area (Å²) in [5, 5.41) is 3.34. The van der Waals surface area contributed by atoms with E-state index in [0.29, 0.717) is 6.61 Å². The topological polar surface area (TPSA) is 34.1 Å². The first-order chi connectivity index (χ1) is 10.2. The largest absolute Gasteiger partial charge is 0.487 e. The Morgan fingerprint density at radius 1 is 1.10 bits per heavy atom. The van der Waals surface area contributed by atoms with Crippen LogP contribution >= 0.6 is 0 Å². The lowest BCUT2D eigenvalue weighted by Gasteiger charge is -2.11.